The molecule has 3 nitrogen and oxygen atoms in total. The number of rotatable bonds is 1. The Morgan fingerprint density at radius 1 is 1.00 bits per heavy atom. The molecular weight excluding hydrogens is 237 g/mol. The van der Waals surface area contributed by atoms with E-state index in [-0.39, 0.29) is 18.4 Å². The molecule has 17 heavy (non-hydrogen) atoms. The van der Waals surface area contributed by atoms with E-state index in [4.69, 9.17) is 0 Å². The van der Waals surface area contributed by atoms with Gasteiger partial charge >= 0.3 is 11.9 Å². The van der Waals surface area contributed by atoms with E-state index < -0.39 is 35.3 Å². The molecule has 1 aromatic rings. The lowest BCUT2D eigenvalue weighted by Crippen LogP contribution is -2.24. The summed E-state index contributed by atoms with van der Waals surface area (Å²) in [6.07, 6.45) is -0.313. The van der Waals surface area contributed by atoms with Crippen LogP contribution in [0.2, 0.25) is 0 Å². The molecule has 0 bridgehead atoms. The number of halogens is 3. The van der Waals surface area contributed by atoms with Gasteiger partial charge in [0, 0.05) is 5.92 Å². The first-order valence-electron chi connectivity index (χ1n) is 4.85. The van der Waals surface area contributed by atoms with E-state index >= 15 is 0 Å². The van der Waals surface area contributed by atoms with Crippen molar-refractivity contribution in [3.8, 4) is 0 Å². The van der Waals surface area contributed by atoms with Gasteiger partial charge < -0.3 is 4.74 Å². The van der Waals surface area contributed by atoms with Crippen LogP contribution in [0.15, 0.2) is 12.1 Å². The van der Waals surface area contributed by atoms with E-state index in [1.165, 1.54) is 0 Å². The van der Waals surface area contributed by atoms with Gasteiger partial charge in [-0.2, -0.15) is 0 Å². The van der Waals surface area contributed by atoms with Gasteiger partial charge in [0.1, 0.15) is 0 Å². The molecule has 0 N–H and O–H groups in total. The van der Waals surface area contributed by atoms with Crippen molar-refractivity contribution in [2.45, 2.75) is 18.8 Å². The summed E-state index contributed by atoms with van der Waals surface area (Å²) in [5, 5.41) is 0. The van der Waals surface area contributed by atoms with E-state index in [1.54, 1.807) is 0 Å². The molecule has 90 valence electrons. The molecule has 0 saturated carbocycles. The normalized spacial score (nSPS) is 17.1. The summed E-state index contributed by atoms with van der Waals surface area (Å²) in [5.74, 6) is -6.43. The van der Waals surface area contributed by atoms with Crippen LogP contribution in [-0.4, -0.2) is 11.9 Å². The highest BCUT2D eigenvalue weighted by Gasteiger charge is 2.29. The van der Waals surface area contributed by atoms with Crippen LogP contribution >= 0.6 is 0 Å². The second kappa shape index (κ2) is 4.20. The van der Waals surface area contributed by atoms with Crippen molar-refractivity contribution < 1.29 is 27.5 Å². The van der Waals surface area contributed by atoms with Gasteiger partial charge in [0.05, 0.1) is 12.8 Å². The number of esters is 2. The average Bonchev–Trinajstić information content (AvgIpc) is 2.23. The first-order chi connectivity index (χ1) is 7.97. The minimum Gasteiger partial charge on any atom is -0.393 e. The molecule has 2 rings (SSSR count). The van der Waals surface area contributed by atoms with Crippen LogP contribution in [0.1, 0.15) is 24.3 Å². The van der Waals surface area contributed by atoms with Crippen molar-refractivity contribution in [1.82, 2.24) is 0 Å². The van der Waals surface area contributed by atoms with Gasteiger partial charge in [-0.1, -0.05) is 0 Å². The molecule has 6 heteroatoms. The molecule has 1 heterocycles. The Kier molecular flexibility index (Phi) is 2.87. The van der Waals surface area contributed by atoms with Gasteiger partial charge in [-0.05, 0) is 17.7 Å². The van der Waals surface area contributed by atoms with Gasteiger partial charge in [0.15, 0.2) is 17.5 Å². The summed E-state index contributed by atoms with van der Waals surface area (Å²) in [5.41, 5.74) is 0.0754. The van der Waals surface area contributed by atoms with Crippen LogP contribution < -0.4 is 0 Å². The highest BCUT2D eigenvalue weighted by molar-refractivity contribution is 5.89. The second-order valence-electron chi connectivity index (χ2n) is 3.75. The van der Waals surface area contributed by atoms with Crippen molar-refractivity contribution in [1.29, 1.82) is 0 Å². The molecule has 1 aliphatic heterocycles. The summed E-state index contributed by atoms with van der Waals surface area (Å²) in [4.78, 5) is 22.0. The van der Waals surface area contributed by atoms with Gasteiger partial charge in [0.2, 0.25) is 0 Å². The number of ether oxygens (including phenoxy) is 1. The van der Waals surface area contributed by atoms with Gasteiger partial charge in [-0.15, -0.1) is 0 Å². The summed E-state index contributed by atoms with van der Waals surface area (Å²) in [6, 6.07) is 1.57. The second-order valence-corrected chi connectivity index (χ2v) is 3.75. The van der Waals surface area contributed by atoms with Crippen LogP contribution in [0.5, 0.6) is 0 Å². The van der Waals surface area contributed by atoms with Crippen LogP contribution in [-0.2, 0) is 14.3 Å². The fourth-order valence-corrected chi connectivity index (χ4v) is 1.73. The van der Waals surface area contributed by atoms with E-state index in [2.05, 4.69) is 4.74 Å². The number of benzene rings is 1. The summed E-state index contributed by atoms with van der Waals surface area (Å²) in [6.45, 7) is 0. The zero-order valence-corrected chi connectivity index (χ0v) is 8.50. The molecule has 0 amide bonds. The third-order valence-electron chi connectivity index (χ3n) is 2.53. The molecule has 0 radical (unpaired) electrons. The Morgan fingerprint density at radius 3 is 1.94 bits per heavy atom. The maximum absolute atomic E-state index is 13.0. The Bertz CT molecular complexity index is 460. The topological polar surface area (TPSA) is 43.4 Å². The summed E-state index contributed by atoms with van der Waals surface area (Å²) < 4.78 is 43.0. The third kappa shape index (κ3) is 2.30. The molecule has 0 aliphatic carbocycles. The Labute approximate surface area is 94.2 Å². The molecular formula is C11H7F3O3. The zero-order valence-electron chi connectivity index (χ0n) is 8.50. The molecule has 0 atom stereocenters. The predicted octanol–water partition coefficient (Wildman–Crippen LogP) is 2.05. The number of hydrogen-bond acceptors (Lipinski definition) is 3. The van der Waals surface area contributed by atoms with Crippen LogP contribution in [0.4, 0.5) is 13.2 Å². The fourth-order valence-electron chi connectivity index (χ4n) is 1.73. The largest absolute Gasteiger partial charge is 0.393 e. The SMILES string of the molecule is O=C1CC(c2cc(F)c(F)c(F)c2)CC(=O)O1. The van der Waals surface area contributed by atoms with Crippen LogP contribution in [0.3, 0.4) is 0 Å². The van der Waals surface area contributed by atoms with Gasteiger partial charge in [0.25, 0.3) is 0 Å². The molecule has 1 fully saturated rings. The quantitative estimate of drug-likeness (QED) is 0.431. The fraction of sp³-hybridized carbons (Fsp3) is 0.273. The highest BCUT2D eigenvalue weighted by atomic mass is 19.2. The molecule has 1 aromatic carbocycles. The average molecular weight is 244 g/mol. The Hall–Kier alpha value is -1.85. The van der Waals surface area contributed by atoms with Gasteiger partial charge in [-0.25, -0.2) is 13.2 Å². The smallest absolute Gasteiger partial charge is 0.314 e. The van der Waals surface area contributed by atoms with Gasteiger partial charge in [-0.3, -0.25) is 9.59 Å². The van der Waals surface area contributed by atoms with E-state index in [0.29, 0.717) is 0 Å². The molecule has 1 aliphatic rings. The van der Waals surface area contributed by atoms with Crippen molar-refractivity contribution in [3.05, 3.63) is 35.1 Å². The van der Waals surface area contributed by atoms with Crippen LogP contribution in [0.25, 0.3) is 0 Å². The minimum absolute atomic E-state index is 0.0754. The number of cyclic esters (lactones) is 2. The van der Waals surface area contributed by atoms with E-state index in [1.807, 2.05) is 0 Å². The Morgan fingerprint density at radius 2 is 1.47 bits per heavy atom. The minimum atomic E-state index is -1.57. The number of carbonyl (C=O) groups excluding carboxylic acids is 2. The molecule has 1 saturated heterocycles. The van der Waals surface area contributed by atoms with Crippen molar-refractivity contribution in [2.24, 2.45) is 0 Å². The van der Waals surface area contributed by atoms with Crippen molar-refractivity contribution in [2.75, 3.05) is 0 Å². The van der Waals surface area contributed by atoms with Crippen LogP contribution in [0, 0.1) is 17.5 Å². The first kappa shape index (κ1) is 11.6. The maximum atomic E-state index is 13.0. The monoisotopic (exact) mass is 244 g/mol. The lowest BCUT2D eigenvalue weighted by atomic mass is 9.91. The summed E-state index contributed by atoms with van der Waals surface area (Å²) in [7, 11) is 0. The molecule has 0 spiro atoms. The lowest BCUT2D eigenvalue weighted by molar-refractivity contribution is -0.163. The summed E-state index contributed by atoms with van der Waals surface area (Å²) >= 11 is 0. The highest BCUT2D eigenvalue weighted by Crippen LogP contribution is 2.29. The molecule has 0 unspecified atom stereocenters. The maximum Gasteiger partial charge on any atom is 0.314 e. The molecule has 0 aromatic heterocycles. The zero-order chi connectivity index (χ0) is 12.6. The number of carbonyl (C=O) groups is 2. The first-order valence-corrected chi connectivity index (χ1v) is 4.85. The van der Waals surface area contributed by atoms with Crippen molar-refractivity contribution >= 4 is 11.9 Å². The Balaban J connectivity index is 2.34. The predicted molar refractivity (Wildman–Crippen MR) is 49.4 cm³/mol. The van der Waals surface area contributed by atoms with Crippen molar-refractivity contribution in [3.63, 3.8) is 0 Å². The standard InChI is InChI=1S/C11H7F3O3/c12-7-1-5(2-8(13)11(7)14)6-3-9(15)17-10(16)4-6/h1-2,6H,3-4H2. The lowest BCUT2D eigenvalue weighted by Gasteiger charge is -2.20. The number of hydrogen-bond donors (Lipinski definition) is 0. The van der Waals surface area contributed by atoms with E-state index in [0.717, 1.165) is 12.1 Å². The third-order valence-corrected chi connectivity index (χ3v) is 2.53. The van der Waals surface area contributed by atoms with E-state index in [9.17, 15) is 22.8 Å².